The van der Waals surface area contributed by atoms with E-state index in [1.165, 1.54) is 0 Å². The summed E-state index contributed by atoms with van der Waals surface area (Å²) >= 11 is 0. The zero-order valence-corrected chi connectivity index (χ0v) is 18.1. The molecule has 2 aromatic rings. The van der Waals surface area contributed by atoms with Gasteiger partial charge in [-0.1, -0.05) is 19.1 Å². The maximum Gasteiger partial charge on any atom is 0.318 e. The SMILES string of the molecule is CN1CC/C(=C\F)[C@](C)(COc2nc(N3CCCC(C)(O)C3)c3ccccc3n2)C1. The molecule has 4 rings (SSSR count). The quantitative estimate of drug-likeness (QED) is 0.826. The van der Waals surface area contributed by atoms with E-state index in [2.05, 4.69) is 14.8 Å². The second kappa shape index (κ2) is 8.12. The number of β-amino-alcohol motifs (C(OH)–C–C–N with tert-alkyl or cyclic N) is 1. The van der Waals surface area contributed by atoms with E-state index in [-0.39, 0.29) is 0 Å². The summed E-state index contributed by atoms with van der Waals surface area (Å²) in [6.07, 6.45) is 3.11. The molecule has 162 valence electrons. The van der Waals surface area contributed by atoms with Crippen LogP contribution in [-0.2, 0) is 0 Å². The Morgan fingerprint density at radius 2 is 2.00 bits per heavy atom. The molecular weight excluding hydrogens is 383 g/mol. The van der Waals surface area contributed by atoms with Crippen molar-refractivity contribution >= 4 is 16.7 Å². The lowest BCUT2D eigenvalue weighted by Crippen LogP contribution is -2.46. The summed E-state index contributed by atoms with van der Waals surface area (Å²) in [6, 6.07) is 8.14. The molecule has 0 aliphatic carbocycles. The fourth-order valence-corrected chi connectivity index (χ4v) is 4.68. The lowest BCUT2D eigenvalue weighted by molar-refractivity contribution is 0.0447. The van der Waals surface area contributed by atoms with Crippen LogP contribution in [0.4, 0.5) is 10.2 Å². The van der Waals surface area contributed by atoms with Crippen LogP contribution in [0.5, 0.6) is 6.01 Å². The number of piperidine rings is 2. The maximum absolute atomic E-state index is 13.5. The van der Waals surface area contributed by atoms with Crippen molar-refractivity contribution in [3.63, 3.8) is 0 Å². The van der Waals surface area contributed by atoms with E-state index in [0.29, 0.717) is 25.6 Å². The molecular formula is C23H31FN4O2. The summed E-state index contributed by atoms with van der Waals surface area (Å²) in [5.41, 5.74) is 0.404. The minimum Gasteiger partial charge on any atom is -0.462 e. The first kappa shape index (κ1) is 21.0. The van der Waals surface area contributed by atoms with Gasteiger partial charge < -0.3 is 19.6 Å². The first-order valence-electron chi connectivity index (χ1n) is 10.6. The topological polar surface area (TPSA) is 61.7 Å². The normalized spacial score (nSPS) is 29.5. The summed E-state index contributed by atoms with van der Waals surface area (Å²) in [6.45, 7) is 7.11. The van der Waals surface area contributed by atoms with Gasteiger partial charge in [0.15, 0.2) is 0 Å². The lowest BCUT2D eigenvalue weighted by Gasteiger charge is -2.40. The molecule has 2 atom stereocenters. The molecule has 1 N–H and O–H groups in total. The van der Waals surface area contributed by atoms with Gasteiger partial charge in [-0.2, -0.15) is 9.97 Å². The van der Waals surface area contributed by atoms with Crippen molar-refractivity contribution in [3.8, 4) is 6.01 Å². The number of aromatic nitrogens is 2. The zero-order valence-electron chi connectivity index (χ0n) is 18.1. The number of rotatable bonds is 4. The van der Waals surface area contributed by atoms with Gasteiger partial charge in [0.05, 0.1) is 17.4 Å². The van der Waals surface area contributed by atoms with Crippen LogP contribution in [0.1, 0.15) is 33.1 Å². The van der Waals surface area contributed by atoms with E-state index in [1.54, 1.807) is 0 Å². The molecule has 1 aromatic heterocycles. The average molecular weight is 415 g/mol. The Hall–Kier alpha value is -2.25. The maximum atomic E-state index is 13.5. The summed E-state index contributed by atoms with van der Waals surface area (Å²) in [7, 11) is 2.04. The van der Waals surface area contributed by atoms with E-state index in [1.807, 2.05) is 45.2 Å². The van der Waals surface area contributed by atoms with Crippen molar-refractivity contribution in [2.45, 2.75) is 38.7 Å². The second-order valence-corrected chi connectivity index (χ2v) is 9.34. The van der Waals surface area contributed by atoms with Gasteiger partial charge in [0, 0.05) is 37.0 Å². The molecule has 0 bridgehead atoms. The van der Waals surface area contributed by atoms with Crippen LogP contribution in [0.2, 0.25) is 0 Å². The number of hydrogen-bond acceptors (Lipinski definition) is 6. The molecule has 0 radical (unpaired) electrons. The van der Waals surface area contributed by atoms with Crippen molar-refractivity contribution < 1.29 is 14.2 Å². The van der Waals surface area contributed by atoms with Gasteiger partial charge in [0.2, 0.25) is 0 Å². The van der Waals surface area contributed by atoms with Crippen LogP contribution in [0.15, 0.2) is 36.2 Å². The Labute approximate surface area is 177 Å². The molecule has 2 fully saturated rings. The van der Waals surface area contributed by atoms with E-state index in [4.69, 9.17) is 9.72 Å². The second-order valence-electron chi connectivity index (χ2n) is 9.34. The molecule has 3 heterocycles. The molecule has 1 aromatic carbocycles. The first-order valence-corrected chi connectivity index (χ1v) is 10.6. The molecule has 6 nitrogen and oxygen atoms in total. The molecule has 2 saturated heterocycles. The van der Waals surface area contributed by atoms with Crippen molar-refractivity contribution in [2.75, 3.05) is 44.7 Å². The van der Waals surface area contributed by atoms with Gasteiger partial charge in [-0.25, -0.2) is 4.39 Å². The van der Waals surface area contributed by atoms with Gasteiger partial charge in [-0.05, 0) is 50.9 Å². The molecule has 2 aliphatic rings. The third-order valence-corrected chi connectivity index (χ3v) is 6.35. The molecule has 30 heavy (non-hydrogen) atoms. The fraction of sp³-hybridized carbons (Fsp3) is 0.565. The first-order chi connectivity index (χ1) is 14.3. The van der Waals surface area contributed by atoms with Gasteiger partial charge in [0.1, 0.15) is 12.4 Å². The number of halogens is 1. The van der Waals surface area contributed by atoms with Crippen molar-refractivity contribution in [1.82, 2.24) is 14.9 Å². The largest absolute Gasteiger partial charge is 0.462 e. The Bertz CT molecular complexity index is 948. The molecule has 0 spiro atoms. The number of nitrogens with zero attached hydrogens (tertiary/aromatic N) is 4. The van der Waals surface area contributed by atoms with Gasteiger partial charge in [-0.3, -0.25) is 0 Å². The molecule has 2 aliphatic heterocycles. The van der Waals surface area contributed by atoms with Crippen molar-refractivity contribution in [3.05, 3.63) is 36.2 Å². The summed E-state index contributed by atoms with van der Waals surface area (Å²) in [5.74, 6) is 0.780. The molecule has 1 unspecified atom stereocenters. The number of aliphatic hydroxyl groups is 1. The highest BCUT2D eigenvalue weighted by Gasteiger charge is 2.36. The van der Waals surface area contributed by atoms with E-state index in [0.717, 1.165) is 61.1 Å². The zero-order chi connectivity index (χ0) is 21.4. The van der Waals surface area contributed by atoms with Crippen molar-refractivity contribution in [1.29, 1.82) is 0 Å². The number of likely N-dealkylation sites (tertiary alicyclic amines) is 1. The van der Waals surface area contributed by atoms with Crippen LogP contribution < -0.4 is 9.64 Å². The molecule has 0 saturated carbocycles. The highest BCUT2D eigenvalue weighted by molar-refractivity contribution is 5.89. The summed E-state index contributed by atoms with van der Waals surface area (Å²) in [4.78, 5) is 13.6. The average Bonchev–Trinajstić information content (AvgIpc) is 2.71. The number of fused-ring (bicyclic) bond motifs is 1. The van der Waals surface area contributed by atoms with Gasteiger partial charge >= 0.3 is 6.01 Å². The predicted octanol–water partition coefficient (Wildman–Crippen LogP) is 3.56. The Balaban J connectivity index is 1.63. The van der Waals surface area contributed by atoms with E-state index < -0.39 is 11.0 Å². The third kappa shape index (κ3) is 4.27. The summed E-state index contributed by atoms with van der Waals surface area (Å²) in [5, 5.41) is 11.5. The highest BCUT2D eigenvalue weighted by Crippen LogP contribution is 2.36. The van der Waals surface area contributed by atoms with E-state index >= 15 is 0 Å². The van der Waals surface area contributed by atoms with Crippen LogP contribution in [0.25, 0.3) is 10.9 Å². The monoisotopic (exact) mass is 414 g/mol. The van der Waals surface area contributed by atoms with E-state index in [9.17, 15) is 9.50 Å². The van der Waals surface area contributed by atoms with Crippen LogP contribution in [0.3, 0.4) is 0 Å². The number of para-hydroxylation sites is 1. The summed E-state index contributed by atoms with van der Waals surface area (Å²) < 4.78 is 19.6. The van der Waals surface area contributed by atoms with Crippen molar-refractivity contribution in [2.24, 2.45) is 5.41 Å². The van der Waals surface area contributed by atoms with Gasteiger partial charge in [-0.15, -0.1) is 0 Å². The minimum absolute atomic E-state index is 0.293. The predicted molar refractivity (Wildman–Crippen MR) is 117 cm³/mol. The smallest absolute Gasteiger partial charge is 0.318 e. The lowest BCUT2D eigenvalue weighted by atomic mass is 9.78. The fourth-order valence-electron chi connectivity index (χ4n) is 4.68. The van der Waals surface area contributed by atoms with Crippen LogP contribution in [0, 0.1) is 5.41 Å². The van der Waals surface area contributed by atoms with Crippen LogP contribution in [-0.4, -0.2) is 65.4 Å². The van der Waals surface area contributed by atoms with Gasteiger partial charge in [0.25, 0.3) is 0 Å². The Kier molecular flexibility index (Phi) is 5.68. The number of ether oxygens (including phenoxy) is 1. The number of hydrogen-bond donors (Lipinski definition) is 1. The third-order valence-electron chi connectivity index (χ3n) is 6.35. The standard InChI is InChI=1S/C23H31FN4O2/c1-22(14-27(3)12-9-17(22)13-24)16-30-21-25-19-8-5-4-7-18(19)20(26-21)28-11-6-10-23(2,29)15-28/h4-5,7-8,13,29H,6,9-12,14-16H2,1-3H3/b17-13+/t22-,23?/m0/s1. The minimum atomic E-state index is -0.744. The van der Waals surface area contributed by atoms with Crippen LogP contribution >= 0.6 is 0 Å². The Morgan fingerprint density at radius 3 is 2.77 bits per heavy atom. The number of benzene rings is 1. The molecule has 7 heteroatoms. The molecule has 0 amide bonds. The Morgan fingerprint density at radius 1 is 1.20 bits per heavy atom. The highest BCUT2D eigenvalue weighted by atomic mass is 19.1. The number of anilines is 1.